The highest BCUT2D eigenvalue weighted by molar-refractivity contribution is 14.1. The molecule has 4 aliphatic rings. The fourth-order valence-corrected chi connectivity index (χ4v) is 11.8. The predicted molar refractivity (Wildman–Crippen MR) is 384 cm³/mol. The van der Waals surface area contributed by atoms with Gasteiger partial charge >= 0.3 is 0 Å². The fourth-order valence-electron chi connectivity index (χ4n) is 11.2. The highest BCUT2D eigenvalue weighted by Gasteiger charge is 2.21. The molecule has 4 saturated heterocycles. The number of nitrogen functional groups attached to an aromatic ring is 1. The van der Waals surface area contributed by atoms with E-state index < -0.39 is 0 Å². The minimum atomic E-state index is -0.364. The maximum absolute atomic E-state index is 13.5. The maximum atomic E-state index is 13.5. The summed E-state index contributed by atoms with van der Waals surface area (Å²) in [6.07, 6.45) is 12.7. The SMILES string of the molecule is Cc1cn(-c2cc(N)cc(N3CCOCC3)c2)cn1.Cc1cn(-c2cc(N3CCOCC3)cc([N+](=O)[O-])c2)cn1.Cc1cn(-c2cc(NC(=O)c3ccc(C)c(Nc4nccc(-c5ccc(F)cc5)n4)c3)cc(N3CCOCC3)c2)cn1.O=[N+]([O-])c1cc(I)cc(N2CCOCC2)c1. The molecule has 1 amide bonds. The molecule has 0 saturated carbocycles. The van der Waals surface area contributed by atoms with Crippen LogP contribution in [0.4, 0.5) is 61.5 Å². The van der Waals surface area contributed by atoms with Gasteiger partial charge in [0.2, 0.25) is 5.95 Å². The van der Waals surface area contributed by atoms with Gasteiger partial charge in [-0.25, -0.2) is 29.3 Å². The number of morpholine rings is 4. The van der Waals surface area contributed by atoms with Crippen molar-refractivity contribution in [2.24, 2.45) is 0 Å². The number of rotatable bonds is 14. The molecule has 508 valence electrons. The minimum Gasteiger partial charge on any atom is -0.399 e. The van der Waals surface area contributed by atoms with E-state index in [9.17, 15) is 29.4 Å². The Morgan fingerprint density at radius 1 is 0.520 bits per heavy atom. The van der Waals surface area contributed by atoms with Crippen molar-refractivity contribution in [3.8, 4) is 28.3 Å². The van der Waals surface area contributed by atoms with E-state index in [1.165, 1.54) is 12.1 Å². The molecule has 98 heavy (non-hydrogen) atoms. The van der Waals surface area contributed by atoms with Crippen molar-refractivity contribution in [3.63, 3.8) is 0 Å². The lowest BCUT2D eigenvalue weighted by Gasteiger charge is -2.29. The lowest BCUT2D eigenvalue weighted by atomic mass is 10.1. The van der Waals surface area contributed by atoms with Crippen LogP contribution in [0.2, 0.25) is 0 Å². The van der Waals surface area contributed by atoms with E-state index in [2.05, 4.69) is 89.9 Å². The molecular weight excluding hydrogens is 1370 g/mol. The number of hydrogen-bond acceptors (Lipinski definition) is 20. The van der Waals surface area contributed by atoms with Crippen molar-refractivity contribution in [2.45, 2.75) is 27.7 Å². The Morgan fingerprint density at radius 3 is 1.42 bits per heavy atom. The lowest BCUT2D eigenvalue weighted by molar-refractivity contribution is -0.385. The Kier molecular flexibility index (Phi) is 22.9. The summed E-state index contributed by atoms with van der Waals surface area (Å²) in [6.45, 7) is 19.7. The van der Waals surface area contributed by atoms with Crippen molar-refractivity contribution in [3.05, 3.63) is 223 Å². The third-order valence-electron chi connectivity index (χ3n) is 16.3. The third-order valence-corrected chi connectivity index (χ3v) is 17.0. The van der Waals surface area contributed by atoms with Crippen LogP contribution in [0.1, 0.15) is 33.0 Å². The maximum Gasteiger partial charge on any atom is 0.273 e. The van der Waals surface area contributed by atoms with Gasteiger partial charge in [-0.1, -0.05) is 6.07 Å². The van der Waals surface area contributed by atoms with Crippen LogP contribution in [0.15, 0.2) is 165 Å². The molecule has 26 nitrogen and oxygen atoms in total. The number of halogens is 2. The smallest absolute Gasteiger partial charge is 0.273 e. The van der Waals surface area contributed by atoms with Gasteiger partial charge in [-0.05, 0) is 147 Å². The Hall–Kier alpha value is -10.4. The molecular formula is C70H75FIN17O9. The van der Waals surface area contributed by atoms with Gasteiger partial charge in [-0.15, -0.1) is 0 Å². The number of imidazole rings is 3. The average molecular weight is 1440 g/mol. The van der Waals surface area contributed by atoms with Gasteiger partial charge < -0.3 is 68.6 Å². The first kappa shape index (κ1) is 69.0. The Labute approximate surface area is 579 Å². The number of hydrogen-bond donors (Lipinski definition) is 3. The number of anilines is 8. The second-order valence-electron chi connectivity index (χ2n) is 23.5. The number of carbonyl (C=O) groups excluding carboxylic acids is 1. The normalized spacial score (nSPS) is 14.6. The number of amides is 1. The van der Waals surface area contributed by atoms with Gasteiger partial charge in [0.25, 0.3) is 17.3 Å². The van der Waals surface area contributed by atoms with Crippen LogP contribution in [0.5, 0.6) is 0 Å². The van der Waals surface area contributed by atoms with Gasteiger partial charge in [0.15, 0.2) is 0 Å². The predicted octanol–water partition coefficient (Wildman–Crippen LogP) is 11.5. The number of nitro benzene ring substituents is 2. The Bertz CT molecular complexity index is 4390. The molecule has 28 heteroatoms. The highest BCUT2D eigenvalue weighted by Crippen LogP contribution is 2.32. The second kappa shape index (κ2) is 32.6. The van der Waals surface area contributed by atoms with Crippen LogP contribution in [0.25, 0.3) is 28.3 Å². The number of ether oxygens (including phenoxy) is 4. The number of nitro groups is 2. The summed E-state index contributed by atoms with van der Waals surface area (Å²) in [7, 11) is 0. The number of benzene rings is 6. The van der Waals surface area contributed by atoms with Crippen LogP contribution in [-0.2, 0) is 18.9 Å². The van der Waals surface area contributed by atoms with Gasteiger partial charge in [0.1, 0.15) is 5.82 Å². The van der Waals surface area contributed by atoms with Gasteiger partial charge in [0, 0.05) is 156 Å². The summed E-state index contributed by atoms with van der Waals surface area (Å²) >= 11 is 2.10. The number of nitrogens with zero attached hydrogens (tertiary/aromatic N) is 14. The van der Waals surface area contributed by atoms with Crippen molar-refractivity contribution < 1.29 is 38.0 Å². The fraction of sp³-hybridized carbons (Fsp3) is 0.286. The molecule has 0 bridgehead atoms. The molecule has 4 aliphatic heterocycles. The number of non-ortho nitro benzene ring substituents is 2. The van der Waals surface area contributed by atoms with E-state index in [0.29, 0.717) is 68.2 Å². The van der Waals surface area contributed by atoms with E-state index in [4.69, 9.17) is 24.7 Å². The zero-order valence-corrected chi connectivity index (χ0v) is 56.8. The molecule has 0 aliphatic carbocycles. The molecule has 0 spiro atoms. The first-order chi connectivity index (χ1) is 47.4. The molecule has 4 fully saturated rings. The van der Waals surface area contributed by atoms with E-state index in [1.807, 2.05) is 104 Å². The van der Waals surface area contributed by atoms with Crippen LogP contribution in [-0.4, -0.2) is 160 Å². The number of nitrogens with two attached hydrogens (primary N) is 1. The standard InChI is InChI=1S/C32H30FN7O2.C14H16N4O3.C14H18N4O.C10H11IN2O3/c1-21-3-4-24(15-30(21)38-32-34-10-9-29(37-32)23-5-7-25(33)8-6-23)31(41)36-26-16-27(39-11-13-42-14-12-39)18-28(17-26)40-19-22(2)35-20-40;1-11-9-17(10-15-11)13-6-12(7-14(8-13)18(19)20)16-2-4-21-5-3-16;1-11-9-18(10-16-11)14-7-12(15)6-13(8-14)17-2-4-19-5-3-17;11-8-5-9(7-10(6-8)13(14)15)12-1-3-16-4-2-12/h3-10,15-20H,11-14H2,1-2H3,(H,36,41)(H,34,37,38);6-10H,2-5H2,1H3;6-10H,2-5,15H2,1H3;5-7H,1-4H2. The molecule has 10 aromatic rings. The summed E-state index contributed by atoms with van der Waals surface area (Å²) in [5.41, 5.74) is 20.6. The molecule has 4 N–H and O–H groups in total. The van der Waals surface area contributed by atoms with Crippen molar-refractivity contribution in [1.29, 1.82) is 0 Å². The highest BCUT2D eigenvalue weighted by atomic mass is 127. The van der Waals surface area contributed by atoms with Crippen LogP contribution in [0.3, 0.4) is 0 Å². The monoisotopic (exact) mass is 1440 g/mol. The van der Waals surface area contributed by atoms with Gasteiger partial charge in [0.05, 0.1) is 122 Å². The van der Waals surface area contributed by atoms with E-state index >= 15 is 0 Å². The quantitative estimate of drug-likeness (QED) is 0.0395. The molecule has 0 radical (unpaired) electrons. The van der Waals surface area contributed by atoms with Gasteiger partial charge in [-0.2, -0.15) is 0 Å². The molecule has 0 unspecified atom stereocenters. The Balaban J connectivity index is 0.000000145. The lowest BCUT2D eigenvalue weighted by Crippen LogP contribution is -2.36. The van der Waals surface area contributed by atoms with Crippen molar-refractivity contribution in [2.75, 3.05) is 141 Å². The molecule has 0 atom stereocenters. The van der Waals surface area contributed by atoms with Crippen LogP contribution >= 0.6 is 22.6 Å². The summed E-state index contributed by atoms with van der Waals surface area (Å²) in [6, 6.07) is 35.7. The number of aromatic nitrogens is 8. The number of aryl methyl sites for hydroxylation is 4. The van der Waals surface area contributed by atoms with Crippen LogP contribution in [0, 0.1) is 57.3 Å². The van der Waals surface area contributed by atoms with E-state index in [0.717, 1.165) is 143 Å². The minimum absolute atomic E-state index is 0.0837. The van der Waals surface area contributed by atoms with Crippen LogP contribution < -0.4 is 36.0 Å². The first-order valence-electron chi connectivity index (χ1n) is 31.9. The summed E-state index contributed by atoms with van der Waals surface area (Å²) < 4.78 is 41.5. The molecule has 4 aromatic heterocycles. The molecule has 6 aromatic carbocycles. The summed E-state index contributed by atoms with van der Waals surface area (Å²) in [5, 5.41) is 28.2. The topological polar surface area (TPSA) is 283 Å². The summed E-state index contributed by atoms with van der Waals surface area (Å²) in [5.74, 6) is -0.181. The average Bonchev–Trinajstić information content (AvgIpc) is 1.41. The molecule has 14 rings (SSSR count). The number of nitrogens with one attached hydrogen (secondary N) is 2. The second-order valence-corrected chi connectivity index (χ2v) is 24.7. The Morgan fingerprint density at radius 2 is 0.939 bits per heavy atom. The molecule has 8 heterocycles. The zero-order valence-electron chi connectivity index (χ0n) is 54.7. The number of carbonyl (C=O) groups is 1. The largest absolute Gasteiger partial charge is 0.399 e. The van der Waals surface area contributed by atoms with Crippen molar-refractivity contribution >= 4 is 85.6 Å². The van der Waals surface area contributed by atoms with E-state index in [1.54, 1.807) is 78.0 Å². The zero-order chi connectivity index (χ0) is 68.7. The van der Waals surface area contributed by atoms with E-state index in [-0.39, 0.29) is 32.9 Å². The third kappa shape index (κ3) is 18.6. The van der Waals surface area contributed by atoms with Gasteiger partial charge in [-0.3, -0.25) is 25.0 Å². The van der Waals surface area contributed by atoms with Crippen molar-refractivity contribution in [1.82, 2.24) is 38.6 Å². The first-order valence-corrected chi connectivity index (χ1v) is 32.9. The summed E-state index contributed by atoms with van der Waals surface area (Å²) in [4.78, 5) is 65.1.